The molecule has 1 aromatic heterocycles. The molecular weight excluding hydrogens is 204 g/mol. The number of anilines is 1. The largest absolute Gasteiger partial charge is 0.478 e. The molecule has 0 atom stereocenters. The van der Waals surface area contributed by atoms with Crippen molar-refractivity contribution in [1.29, 1.82) is 0 Å². The Balaban J connectivity index is 2.31. The van der Waals surface area contributed by atoms with E-state index < -0.39 is 5.97 Å². The molecule has 2 rings (SSSR count). The third kappa shape index (κ3) is 1.96. The van der Waals surface area contributed by atoms with E-state index in [1.807, 2.05) is 0 Å². The fourth-order valence-electron chi connectivity index (χ4n) is 1.14. The molecule has 1 saturated carbocycles. The first kappa shape index (κ1) is 9.27. The van der Waals surface area contributed by atoms with Gasteiger partial charge >= 0.3 is 5.97 Å². The lowest BCUT2D eigenvalue weighted by molar-refractivity contribution is 0.0697. The van der Waals surface area contributed by atoms with Crippen molar-refractivity contribution in [3.63, 3.8) is 0 Å². The average Bonchev–Trinajstić information content (AvgIpc) is 2.87. The van der Waals surface area contributed by atoms with E-state index in [0.29, 0.717) is 17.0 Å². The second kappa shape index (κ2) is 3.46. The Morgan fingerprint density at radius 3 is 2.86 bits per heavy atom. The number of carboxylic acids is 1. The smallest absolute Gasteiger partial charge is 0.339 e. The maximum atomic E-state index is 10.8. The van der Waals surface area contributed by atoms with Gasteiger partial charge in [-0.15, -0.1) is 0 Å². The second-order valence-electron chi connectivity index (χ2n) is 3.25. The van der Waals surface area contributed by atoms with Crippen LogP contribution in [-0.4, -0.2) is 22.1 Å². The van der Waals surface area contributed by atoms with Gasteiger partial charge < -0.3 is 10.4 Å². The fourth-order valence-corrected chi connectivity index (χ4v) is 1.29. The summed E-state index contributed by atoms with van der Waals surface area (Å²) in [5, 5.41) is 12.2. The molecule has 2 N–H and O–H groups in total. The zero-order valence-electron chi connectivity index (χ0n) is 7.33. The topological polar surface area (TPSA) is 62.2 Å². The molecule has 0 aliphatic heterocycles. The van der Waals surface area contributed by atoms with Gasteiger partial charge in [-0.2, -0.15) is 0 Å². The number of halogens is 1. The van der Waals surface area contributed by atoms with Crippen molar-refractivity contribution in [2.24, 2.45) is 0 Å². The van der Waals surface area contributed by atoms with Gasteiger partial charge in [0.1, 0.15) is 16.5 Å². The van der Waals surface area contributed by atoms with Gasteiger partial charge in [-0.25, -0.2) is 9.78 Å². The third-order valence-electron chi connectivity index (χ3n) is 2.01. The maximum Gasteiger partial charge on any atom is 0.339 e. The number of hydrogen-bond donors (Lipinski definition) is 2. The van der Waals surface area contributed by atoms with Gasteiger partial charge in [0.05, 0.1) is 0 Å². The Hall–Kier alpha value is -1.29. The van der Waals surface area contributed by atoms with Crippen LogP contribution in [0, 0.1) is 0 Å². The predicted octanol–water partition coefficient (Wildman–Crippen LogP) is 2.01. The van der Waals surface area contributed by atoms with Gasteiger partial charge in [-0.1, -0.05) is 11.6 Å². The molecule has 0 radical (unpaired) electrons. The molecule has 14 heavy (non-hydrogen) atoms. The molecule has 0 unspecified atom stereocenters. The summed E-state index contributed by atoms with van der Waals surface area (Å²) in [6.45, 7) is 0. The number of aromatic carboxylic acids is 1. The van der Waals surface area contributed by atoms with E-state index in [1.165, 1.54) is 12.1 Å². The van der Waals surface area contributed by atoms with Crippen LogP contribution in [0.4, 0.5) is 5.82 Å². The lowest BCUT2D eigenvalue weighted by atomic mass is 10.2. The molecule has 4 nitrogen and oxygen atoms in total. The maximum absolute atomic E-state index is 10.8. The molecule has 0 saturated heterocycles. The van der Waals surface area contributed by atoms with E-state index >= 15 is 0 Å². The number of rotatable bonds is 3. The molecule has 1 aromatic rings. The van der Waals surface area contributed by atoms with Crippen LogP contribution in [0.1, 0.15) is 23.2 Å². The van der Waals surface area contributed by atoms with E-state index in [1.54, 1.807) is 0 Å². The first-order valence-electron chi connectivity index (χ1n) is 4.33. The van der Waals surface area contributed by atoms with Gasteiger partial charge in [-0.05, 0) is 25.0 Å². The van der Waals surface area contributed by atoms with Gasteiger partial charge in [0.15, 0.2) is 0 Å². The highest BCUT2D eigenvalue weighted by Crippen LogP contribution is 2.26. The monoisotopic (exact) mass is 212 g/mol. The van der Waals surface area contributed by atoms with Crippen LogP contribution in [-0.2, 0) is 0 Å². The Labute approximate surface area is 85.9 Å². The second-order valence-corrected chi connectivity index (χ2v) is 3.64. The zero-order chi connectivity index (χ0) is 10.1. The van der Waals surface area contributed by atoms with Gasteiger partial charge in [-0.3, -0.25) is 0 Å². The number of pyridine rings is 1. The molecule has 1 aliphatic carbocycles. The molecule has 1 fully saturated rings. The Morgan fingerprint density at radius 2 is 2.29 bits per heavy atom. The van der Waals surface area contributed by atoms with Crippen LogP contribution in [0.5, 0.6) is 0 Å². The highest BCUT2D eigenvalue weighted by molar-refractivity contribution is 6.29. The standard InChI is InChI=1S/C9H9ClN2O2/c10-7-4-3-6(9(13)14)8(12-7)11-5-1-2-5/h3-5H,1-2H2,(H,11,12)(H,13,14). The minimum absolute atomic E-state index is 0.168. The van der Waals surface area contributed by atoms with Gasteiger partial charge in [0, 0.05) is 6.04 Å². The summed E-state index contributed by atoms with van der Waals surface area (Å²) < 4.78 is 0. The SMILES string of the molecule is O=C(O)c1ccc(Cl)nc1NC1CC1. The van der Waals surface area contributed by atoms with Crippen molar-refractivity contribution in [1.82, 2.24) is 4.98 Å². The summed E-state index contributed by atoms with van der Waals surface area (Å²) in [4.78, 5) is 14.8. The molecule has 1 aliphatic rings. The fraction of sp³-hybridized carbons (Fsp3) is 0.333. The van der Waals surface area contributed by atoms with Crippen LogP contribution in [0.3, 0.4) is 0 Å². The van der Waals surface area contributed by atoms with E-state index in [9.17, 15) is 4.79 Å². The van der Waals surface area contributed by atoms with Crippen LogP contribution in [0.2, 0.25) is 5.15 Å². The summed E-state index contributed by atoms with van der Waals surface area (Å²) in [5.74, 6) is -0.621. The zero-order valence-corrected chi connectivity index (χ0v) is 8.08. The first-order chi connectivity index (χ1) is 6.66. The molecule has 0 bridgehead atoms. The molecule has 1 heterocycles. The first-order valence-corrected chi connectivity index (χ1v) is 4.71. The van der Waals surface area contributed by atoms with Gasteiger partial charge in [0.25, 0.3) is 0 Å². The molecular formula is C9H9ClN2O2. The number of nitrogens with one attached hydrogen (secondary N) is 1. The summed E-state index contributed by atoms with van der Waals surface area (Å²) in [6.07, 6.45) is 2.13. The Bertz CT molecular complexity index is 377. The van der Waals surface area contributed by atoms with E-state index in [-0.39, 0.29) is 5.56 Å². The number of nitrogens with zero attached hydrogens (tertiary/aromatic N) is 1. The van der Waals surface area contributed by atoms with E-state index in [2.05, 4.69) is 10.3 Å². The summed E-state index contributed by atoms with van der Waals surface area (Å²) >= 11 is 5.68. The van der Waals surface area contributed by atoms with E-state index in [4.69, 9.17) is 16.7 Å². The van der Waals surface area contributed by atoms with Crippen molar-refractivity contribution in [3.05, 3.63) is 22.8 Å². The van der Waals surface area contributed by atoms with Crippen molar-refractivity contribution in [2.45, 2.75) is 18.9 Å². The van der Waals surface area contributed by atoms with Crippen LogP contribution in [0.25, 0.3) is 0 Å². The number of hydrogen-bond acceptors (Lipinski definition) is 3. The molecule has 0 aromatic carbocycles. The minimum Gasteiger partial charge on any atom is -0.478 e. The highest BCUT2D eigenvalue weighted by Gasteiger charge is 2.24. The van der Waals surface area contributed by atoms with Crippen molar-refractivity contribution < 1.29 is 9.90 Å². The van der Waals surface area contributed by atoms with Crippen LogP contribution in [0.15, 0.2) is 12.1 Å². The number of carbonyl (C=O) groups is 1. The van der Waals surface area contributed by atoms with Crippen molar-refractivity contribution >= 4 is 23.4 Å². The van der Waals surface area contributed by atoms with Crippen LogP contribution < -0.4 is 5.32 Å². The number of carboxylic acid groups (broad SMARTS) is 1. The quantitative estimate of drug-likeness (QED) is 0.753. The van der Waals surface area contributed by atoms with Crippen molar-refractivity contribution in [3.8, 4) is 0 Å². The molecule has 74 valence electrons. The van der Waals surface area contributed by atoms with Crippen molar-refractivity contribution in [2.75, 3.05) is 5.32 Å². The van der Waals surface area contributed by atoms with E-state index in [0.717, 1.165) is 12.8 Å². The third-order valence-corrected chi connectivity index (χ3v) is 2.22. The molecule has 0 amide bonds. The highest BCUT2D eigenvalue weighted by atomic mass is 35.5. The normalized spacial score (nSPS) is 15.2. The summed E-state index contributed by atoms with van der Waals surface area (Å²) in [6, 6.07) is 3.30. The average molecular weight is 213 g/mol. The Morgan fingerprint density at radius 1 is 1.57 bits per heavy atom. The van der Waals surface area contributed by atoms with Crippen LogP contribution >= 0.6 is 11.6 Å². The minimum atomic E-state index is -0.989. The summed E-state index contributed by atoms with van der Waals surface area (Å²) in [5.41, 5.74) is 0.168. The lowest BCUT2D eigenvalue weighted by Gasteiger charge is -2.06. The molecule has 5 heteroatoms. The molecule has 0 spiro atoms. The summed E-state index contributed by atoms with van der Waals surface area (Å²) in [7, 11) is 0. The lowest BCUT2D eigenvalue weighted by Crippen LogP contribution is -2.09. The Kier molecular flexibility index (Phi) is 2.29. The van der Waals surface area contributed by atoms with Gasteiger partial charge in [0.2, 0.25) is 0 Å². The number of aromatic nitrogens is 1. The predicted molar refractivity (Wildman–Crippen MR) is 52.9 cm³/mol.